The minimum atomic E-state index is -3.87. The van der Waals surface area contributed by atoms with Gasteiger partial charge in [0.2, 0.25) is 5.88 Å². The monoisotopic (exact) mass is 653 g/mol. The minimum Gasteiger partial charge on any atom is -0.480 e. The molecule has 5 heterocycles. The van der Waals surface area contributed by atoms with E-state index in [0.717, 1.165) is 18.1 Å². The van der Waals surface area contributed by atoms with E-state index in [1.807, 2.05) is 6.07 Å². The Balaban J connectivity index is 1.24. The third-order valence-corrected chi connectivity index (χ3v) is 10.4. The molecule has 2 unspecified atom stereocenters. The van der Waals surface area contributed by atoms with Crippen LogP contribution < -0.4 is 14.8 Å². The van der Waals surface area contributed by atoms with Gasteiger partial charge in [0.1, 0.15) is 16.4 Å². The summed E-state index contributed by atoms with van der Waals surface area (Å²) < 4.78 is 40.4. The second-order valence-corrected chi connectivity index (χ2v) is 14.0. The van der Waals surface area contributed by atoms with E-state index in [1.54, 1.807) is 48.8 Å². The minimum absolute atomic E-state index is 0.122. The highest BCUT2D eigenvalue weighted by molar-refractivity contribution is 7.93. The number of hydrogen-bond donors (Lipinski definition) is 3. The molecule has 3 aromatic heterocycles. The SMILES string of the molecule is COc1ncc(-c2cc(NC(=O)c3csc(CN4CC(C)O[C@@H](C)C4)n3)c3cn[nH]c3c2)cc1NS(=O)(=O)C1CN=C(C)N1C. The third kappa shape index (κ3) is 6.49. The van der Waals surface area contributed by atoms with Gasteiger partial charge in [-0.15, -0.1) is 11.3 Å². The number of likely N-dealkylation sites (N-methyl/N-ethyl adjacent to an activating group) is 1. The Hall–Kier alpha value is -4.12. The van der Waals surface area contributed by atoms with Crippen LogP contribution in [0.1, 0.15) is 36.3 Å². The number of morpholine rings is 1. The number of sulfonamides is 1. The highest BCUT2D eigenvalue weighted by Gasteiger charge is 2.34. The summed E-state index contributed by atoms with van der Waals surface area (Å²) in [4.78, 5) is 30.5. The molecule has 14 nitrogen and oxygen atoms in total. The van der Waals surface area contributed by atoms with Crippen LogP contribution in [0.2, 0.25) is 0 Å². The Morgan fingerprint density at radius 1 is 1.16 bits per heavy atom. The van der Waals surface area contributed by atoms with E-state index in [-0.39, 0.29) is 36.2 Å². The lowest BCUT2D eigenvalue weighted by Crippen LogP contribution is -2.44. The maximum Gasteiger partial charge on any atom is 0.275 e. The summed E-state index contributed by atoms with van der Waals surface area (Å²) in [5, 5.41) is 12.6. The molecule has 0 saturated carbocycles. The number of pyridine rings is 1. The predicted molar refractivity (Wildman–Crippen MR) is 173 cm³/mol. The summed E-state index contributed by atoms with van der Waals surface area (Å²) in [5.41, 5.74) is 2.97. The van der Waals surface area contributed by atoms with Gasteiger partial charge in [-0.3, -0.25) is 24.5 Å². The Morgan fingerprint density at radius 3 is 2.62 bits per heavy atom. The number of methoxy groups -OCH3 is 1. The van der Waals surface area contributed by atoms with Gasteiger partial charge in [0.25, 0.3) is 15.9 Å². The number of H-pyrrole nitrogens is 1. The highest BCUT2D eigenvalue weighted by Crippen LogP contribution is 2.34. The van der Waals surface area contributed by atoms with Crippen molar-refractivity contribution in [3.05, 3.63) is 46.7 Å². The number of anilines is 2. The largest absolute Gasteiger partial charge is 0.480 e. The van der Waals surface area contributed by atoms with Crippen molar-refractivity contribution in [1.29, 1.82) is 0 Å². The van der Waals surface area contributed by atoms with Crippen LogP contribution >= 0.6 is 11.3 Å². The number of aromatic nitrogens is 4. The van der Waals surface area contributed by atoms with Gasteiger partial charge in [-0.25, -0.2) is 18.4 Å². The van der Waals surface area contributed by atoms with Crippen molar-refractivity contribution in [2.75, 3.05) is 43.8 Å². The summed E-state index contributed by atoms with van der Waals surface area (Å²) in [6.45, 7) is 8.27. The lowest BCUT2D eigenvalue weighted by molar-refractivity contribution is -0.0705. The number of nitrogens with one attached hydrogen (secondary N) is 3. The molecule has 2 aliphatic heterocycles. The fraction of sp³-hybridized carbons (Fsp3) is 0.414. The number of benzene rings is 1. The summed E-state index contributed by atoms with van der Waals surface area (Å²) in [7, 11) is -0.757. The molecule has 3 atom stereocenters. The van der Waals surface area contributed by atoms with Crippen molar-refractivity contribution >= 4 is 55.4 Å². The second-order valence-electron chi connectivity index (χ2n) is 11.3. The number of nitrogens with zero attached hydrogens (tertiary/aromatic N) is 6. The molecule has 0 bridgehead atoms. The van der Waals surface area contributed by atoms with Crippen LogP contribution in [0.25, 0.3) is 22.0 Å². The van der Waals surface area contributed by atoms with E-state index >= 15 is 0 Å². The molecule has 0 radical (unpaired) electrons. The van der Waals surface area contributed by atoms with Crippen molar-refractivity contribution in [3.63, 3.8) is 0 Å². The van der Waals surface area contributed by atoms with Crippen molar-refractivity contribution < 1.29 is 22.7 Å². The molecule has 0 aliphatic carbocycles. The van der Waals surface area contributed by atoms with Crippen LogP contribution in [0, 0.1) is 0 Å². The number of carbonyl (C=O) groups excluding carboxylic acids is 1. The molecule has 16 heteroatoms. The Kier molecular flexibility index (Phi) is 8.47. The number of aromatic amines is 1. The number of rotatable bonds is 9. The van der Waals surface area contributed by atoms with E-state index in [9.17, 15) is 13.2 Å². The standard InChI is InChI=1S/C29H35N9O5S2/c1-16-12-38(13-17(2)43-16)14-26-33-25(15-44-26)28(39)34-22-6-19(7-23-21(22)10-32-35-23)20-8-24(29(42-5)31-9-20)36-45(40,41)27-11-30-18(3)37(27)4/h6-10,15-17,27,36H,11-14H2,1-5H3,(H,32,35)(H,34,39)/t16-,17?,27?/m0/s1. The van der Waals surface area contributed by atoms with E-state index in [2.05, 4.69) is 53.9 Å². The molecular weight excluding hydrogens is 619 g/mol. The number of thiazole rings is 1. The number of amides is 1. The molecule has 1 aromatic carbocycles. The van der Waals surface area contributed by atoms with Gasteiger partial charge in [-0.2, -0.15) is 5.10 Å². The Morgan fingerprint density at radius 2 is 1.91 bits per heavy atom. The first kappa shape index (κ1) is 30.9. The molecule has 6 rings (SSSR count). The van der Waals surface area contributed by atoms with E-state index in [0.29, 0.717) is 45.8 Å². The van der Waals surface area contributed by atoms with Crippen LogP contribution in [-0.4, -0.2) is 101 Å². The first-order chi connectivity index (χ1) is 21.5. The number of fused-ring (bicyclic) bond motifs is 1. The van der Waals surface area contributed by atoms with E-state index in [4.69, 9.17) is 9.47 Å². The number of ether oxygens (including phenoxy) is 2. The average molecular weight is 654 g/mol. The van der Waals surface area contributed by atoms with Gasteiger partial charge in [0, 0.05) is 42.7 Å². The van der Waals surface area contributed by atoms with Crippen LogP contribution in [0.15, 0.2) is 41.0 Å². The van der Waals surface area contributed by atoms with Gasteiger partial charge in [-0.05, 0) is 44.5 Å². The lowest BCUT2D eigenvalue weighted by atomic mass is 10.0. The van der Waals surface area contributed by atoms with E-state index in [1.165, 1.54) is 18.4 Å². The fourth-order valence-electron chi connectivity index (χ4n) is 5.63. The molecule has 0 spiro atoms. The van der Waals surface area contributed by atoms with Crippen molar-refractivity contribution in [2.24, 2.45) is 4.99 Å². The van der Waals surface area contributed by atoms with Gasteiger partial charge >= 0.3 is 0 Å². The molecule has 4 aromatic rings. The molecule has 238 valence electrons. The second kappa shape index (κ2) is 12.3. The van der Waals surface area contributed by atoms with Crippen LogP contribution in [0.4, 0.5) is 11.4 Å². The molecule has 45 heavy (non-hydrogen) atoms. The average Bonchev–Trinajstić information content (AvgIpc) is 3.73. The zero-order valence-electron chi connectivity index (χ0n) is 25.6. The van der Waals surface area contributed by atoms with Crippen LogP contribution in [0.5, 0.6) is 5.88 Å². The third-order valence-electron chi connectivity index (χ3n) is 7.85. The molecule has 2 aliphatic rings. The van der Waals surface area contributed by atoms with E-state index < -0.39 is 15.4 Å². The van der Waals surface area contributed by atoms with Gasteiger partial charge in [0.05, 0.1) is 55.6 Å². The first-order valence-electron chi connectivity index (χ1n) is 14.4. The maximum absolute atomic E-state index is 13.4. The van der Waals surface area contributed by atoms with Gasteiger partial charge in [-0.1, -0.05) is 0 Å². The number of amidine groups is 1. The van der Waals surface area contributed by atoms with Gasteiger partial charge in [0.15, 0.2) is 5.37 Å². The highest BCUT2D eigenvalue weighted by atomic mass is 32.2. The normalized spacial score (nSPS) is 20.8. The summed E-state index contributed by atoms with van der Waals surface area (Å²) in [5.74, 6) is 0.416. The molecule has 3 N–H and O–H groups in total. The zero-order chi connectivity index (χ0) is 31.9. The zero-order valence-corrected chi connectivity index (χ0v) is 27.2. The molecular formula is C29H35N9O5S2. The first-order valence-corrected chi connectivity index (χ1v) is 16.8. The lowest BCUT2D eigenvalue weighted by Gasteiger charge is -2.34. The van der Waals surface area contributed by atoms with Crippen molar-refractivity contribution in [3.8, 4) is 17.0 Å². The summed E-state index contributed by atoms with van der Waals surface area (Å²) in [6, 6.07) is 5.30. The van der Waals surface area contributed by atoms with Crippen molar-refractivity contribution in [1.82, 2.24) is 30.0 Å². The Labute approximate surface area is 264 Å². The van der Waals surface area contributed by atoms with Gasteiger partial charge < -0.3 is 19.7 Å². The number of hydrogen-bond acceptors (Lipinski definition) is 12. The molecule has 1 fully saturated rings. The fourth-order valence-corrected chi connectivity index (χ4v) is 7.87. The quantitative estimate of drug-likeness (QED) is 0.244. The predicted octanol–water partition coefficient (Wildman–Crippen LogP) is 3.38. The summed E-state index contributed by atoms with van der Waals surface area (Å²) in [6.07, 6.45) is 3.50. The Bertz CT molecular complexity index is 1860. The smallest absolute Gasteiger partial charge is 0.275 e. The molecule has 1 saturated heterocycles. The summed E-state index contributed by atoms with van der Waals surface area (Å²) >= 11 is 1.45. The number of aliphatic imine (C=N–C) groups is 1. The maximum atomic E-state index is 13.4. The van der Waals surface area contributed by atoms with Crippen LogP contribution in [-0.2, 0) is 21.3 Å². The number of carbonyl (C=O) groups is 1. The van der Waals surface area contributed by atoms with Crippen LogP contribution in [0.3, 0.4) is 0 Å². The van der Waals surface area contributed by atoms with Crippen molar-refractivity contribution in [2.45, 2.75) is 44.9 Å². The molecule has 1 amide bonds. The topological polar surface area (TPSA) is 167 Å².